The molecule has 0 heterocycles. The zero-order valence-corrected chi connectivity index (χ0v) is 10.2. The van der Waals surface area contributed by atoms with Gasteiger partial charge in [0.2, 0.25) is 5.91 Å². The number of nitrogens with one attached hydrogen (secondary N) is 1. The van der Waals surface area contributed by atoms with E-state index in [-0.39, 0.29) is 17.8 Å². The van der Waals surface area contributed by atoms with E-state index in [0.717, 1.165) is 0 Å². The average Bonchev–Trinajstić information content (AvgIpc) is 2.16. The molecular formula is C9H17NO4S. The minimum atomic E-state index is -1.37. The van der Waals surface area contributed by atoms with Gasteiger partial charge in [0.05, 0.1) is 11.9 Å². The number of carboxylic acid groups (broad SMARTS) is 1. The third-order valence-electron chi connectivity index (χ3n) is 2.03. The van der Waals surface area contributed by atoms with Gasteiger partial charge in [-0.05, 0) is 20.1 Å². The monoisotopic (exact) mass is 235 g/mol. The van der Waals surface area contributed by atoms with Gasteiger partial charge in [0.1, 0.15) is 0 Å². The van der Waals surface area contributed by atoms with Crippen LogP contribution in [0.15, 0.2) is 0 Å². The minimum absolute atomic E-state index is 0.0603. The molecule has 0 fully saturated rings. The quantitative estimate of drug-likeness (QED) is 0.694. The fourth-order valence-electron chi connectivity index (χ4n) is 0.921. The number of rotatable bonds is 6. The Labute approximate surface area is 93.6 Å². The normalized spacial score (nSPS) is 16.5. The number of ether oxygens (including phenoxy) is 1. The molecule has 0 bridgehead atoms. The molecule has 0 aromatic heterocycles. The van der Waals surface area contributed by atoms with Crippen molar-refractivity contribution >= 4 is 23.6 Å². The Morgan fingerprint density at radius 2 is 2.13 bits per heavy atom. The largest absolute Gasteiger partial charge is 0.479 e. The van der Waals surface area contributed by atoms with E-state index in [1.807, 2.05) is 0 Å². The zero-order chi connectivity index (χ0) is 12.1. The van der Waals surface area contributed by atoms with E-state index in [9.17, 15) is 9.59 Å². The second-order valence-corrected chi connectivity index (χ2v) is 4.62. The van der Waals surface area contributed by atoms with Crippen LogP contribution in [0.1, 0.15) is 13.8 Å². The Morgan fingerprint density at radius 3 is 2.47 bits per heavy atom. The molecule has 0 saturated carbocycles. The fourth-order valence-corrected chi connectivity index (χ4v) is 1.19. The average molecular weight is 235 g/mol. The third-order valence-corrected chi connectivity index (χ3v) is 2.95. The standard InChI is InChI=1S/C9H17NO4S/c1-6(15-4)7(11)10-9(2,5-14-3)8(12)13/h6H,5H2,1-4H3,(H,10,11)(H,12,13). The molecule has 15 heavy (non-hydrogen) atoms. The Hall–Kier alpha value is -0.750. The maximum absolute atomic E-state index is 11.5. The molecule has 2 unspecified atom stereocenters. The van der Waals surface area contributed by atoms with Crippen LogP contribution in [0.25, 0.3) is 0 Å². The van der Waals surface area contributed by atoms with E-state index in [2.05, 4.69) is 5.32 Å². The van der Waals surface area contributed by atoms with Gasteiger partial charge in [-0.2, -0.15) is 11.8 Å². The maximum Gasteiger partial charge on any atom is 0.331 e. The van der Waals surface area contributed by atoms with Crippen molar-refractivity contribution in [2.75, 3.05) is 20.0 Å². The van der Waals surface area contributed by atoms with Gasteiger partial charge in [0.15, 0.2) is 5.54 Å². The van der Waals surface area contributed by atoms with Crippen molar-refractivity contribution in [3.05, 3.63) is 0 Å². The lowest BCUT2D eigenvalue weighted by atomic mass is 10.0. The minimum Gasteiger partial charge on any atom is -0.479 e. The van der Waals surface area contributed by atoms with E-state index in [1.165, 1.54) is 25.8 Å². The molecule has 5 nitrogen and oxygen atoms in total. The zero-order valence-electron chi connectivity index (χ0n) is 9.36. The summed E-state index contributed by atoms with van der Waals surface area (Å²) < 4.78 is 4.78. The van der Waals surface area contributed by atoms with E-state index in [4.69, 9.17) is 9.84 Å². The van der Waals surface area contributed by atoms with Crippen LogP contribution >= 0.6 is 11.8 Å². The van der Waals surface area contributed by atoms with Crippen molar-refractivity contribution in [1.82, 2.24) is 5.32 Å². The Balaban J connectivity index is 4.55. The highest BCUT2D eigenvalue weighted by Gasteiger charge is 2.35. The third kappa shape index (κ3) is 4.09. The fraction of sp³-hybridized carbons (Fsp3) is 0.778. The number of aliphatic carboxylic acids is 1. The lowest BCUT2D eigenvalue weighted by molar-refractivity contribution is -0.149. The van der Waals surface area contributed by atoms with Gasteiger partial charge in [-0.25, -0.2) is 4.79 Å². The van der Waals surface area contributed by atoms with Crippen LogP contribution < -0.4 is 5.32 Å². The van der Waals surface area contributed by atoms with Gasteiger partial charge in [-0.15, -0.1) is 0 Å². The van der Waals surface area contributed by atoms with Crippen molar-refractivity contribution in [1.29, 1.82) is 0 Å². The molecular weight excluding hydrogens is 218 g/mol. The summed E-state index contributed by atoms with van der Waals surface area (Å²) >= 11 is 1.36. The topological polar surface area (TPSA) is 75.6 Å². The van der Waals surface area contributed by atoms with E-state index in [0.29, 0.717) is 0 Å². The molecule has 0 spiro atoms. The molecule has 0 radical (unpaired) electrons. The molecule has 0 aromatic rings. The van der Waals surface area contributed by atoms with Crippen LogP contribution in [0.2, 0.25) is 0 Å². The van der Waals surface area contributed by atoms with E-state index < -0.39 is 11.5 Å². The lowest BCUT2D eigenvalue weighted by Crippen LogP contribution is -2.56. The predicted octanol–water partition coefficient (Wildman–Crippen LogP) is 0.344. The number of hydrogen-bond donors (Lipinski definition) is 2. The van der Waals surface area contributed by atoms with E-state index >= 15 is 0 Å². The molecule has 88 valence electrons. The van der Waals surface area contributed by atoms with Crippen LogP contribution in [0.3, 0.4) is 0 Å². The summed E-state index contributed by atoms with van der Waals surface area (Å²) in [5.74, 6) is -1.41. The Morgan fingerprint density at radius 1 is 1.60 bits per heavy atom. The first-order valence-corrected chi connectivity index (χ1v) is 5.73. The lowest BCUT2D eigenvalue weighted by Gasteiger charge is -2.26. The molecule has 0 saturated heterocycles. The SMILES string of the molecule is COCC(C)(NC(=O)C(C)SC)C(=O)O. The highest BCUT2D eigenvalue weighted by atomic mass is 32.2. The second-order valence-electron chi connectivity index (χ2n) is 3.44. The Kier molecular flexibility index (Phi) is 5.67. The molecule has 2 N–H and O–H groups in total. The second kappa shape index (κ2) is 5.97. The summed E-state index contributed by atoms with van der Waals surface area (Å²) in [6.45, 7) is 3.08. The summed E-state index contributed by atoms with van der Waals surface area (Å²) in [6, 6.07) is 0. The van der Waals surface area contributed by atoms with Crippen LogP contribution in [0, 0.1) is 0 Å². The summed E-state index contributed by atoms with van der Waals surface area (Å²) in [6.07, 6.45) is 1.79. The molecule has 0 aromatic carbocycles. The molecule has 1 amide bonds. The predicted molar refractivity (Wildman–Crippen MR) is 59.0 cm³/mol. The number of thioether (sulfide) groups is 1. The number of carboxylic acids is 1. The number of hydrogen-bond acceptors (Lipinski definition) is 4. The van der Waals surface area contributed by atoms with Crippen LogP contribution in [-0.2, 0) is 14.3 Å². The molecule has 0 aliphatic carbocycles. The first kappa shape index (κ1) is 14.2. The van der Waals surface area contributed by atoms with Gasteiger partial charge in [0.25, 0.3) is 0 Å². The van der Waals surface area contributed by atoms with Gasteiger partial charge in [0, 0.05) is 7.11 Å². The van der Waals surface area contributed by atoms with Crippen molar-refractivity contribution < 1.29 is 19.4 Å². The summed E-state index contributed by atoms with van der Waals surface area (Å²) in [5.41, 5.74) is -1.37. The van der Waals surface area contributed by atoms with E-state index in [1.54, 1.807) is 13.2 Å². The van der Waals surface area contributed by atoms with Crippen molar-refractivity contribution in [3.63, 3.8) is 0 Å². The summed E-state index contributed by atoms with van der Waals surface area (Å²) in [5, 5.41) is 11.1. The molecule has 0 aliphatic rings. The van der Waals surface area contributed by atoms with Crippen molar-refractivity contribution in [3.8, 4) is 0 Å². The summed E-state index contributed by atoms with van der Waals surface area (Å²) in [4.78, 5) is 22.5. The molecule has 2 atom stereocenters. The highest BCUT2D eigenvalue weighted by Crippen LogP contribution is 2.10. The van der Waals surface area contributed by atoms with Crippen LogP contribution in [0.5, 0.6) is 0 Å². The smallest absolute Gasteiger partial charge is 0.331 e. The van der Waals surface area contributed by atoms with Gasteiger partial charge >= 0.3 is 5.97 Å². The summed E-state index contributed by atoms with van der Waals surface area (Å²) in [7, 11) is 1.39. The number of methoxy groups -OCH3 is 1. The molecule has 0 rings (SSSR count). The van der Waals surface area contributed by atoms with Gasteiger partial charge in [-0.1, -0.05) is 0 Å². The first-order valence-electron chi connectivity index (χ1n) is 4.44. The molecule has 6 heteroatoms. The Bertz CT molecular complexity index is 246. The number of amides is 1. The number of carbonyl (C=O) groups is 2. The van der Waals surface area contributed by atoms with Gasteiger partial charge in [-0.3, -0.25) is 4.79 Å². The number of carbonyl (C=O) groups excluding carboxylic acids is 1. The van der Waals surface area contributed by atoms with Crippen molar-refractivity contribution in [2.45, 2.75) is 24.6 Å². The van der Waals surface area contributed by atoms with Crippen LogP contribution in [-0.4, -0.2) is 47.7 Å². The van der Waals surface area contributed by atoms with Crippen molar-refractivity contribution in [2.24, 2.45) is 0 Å². The van der Waals surface area contributed by atoms with Crippen LogP contribution in [0.4, 0.5) is 0 Å². The van der Waals surface area contributed by atoms with Gasteiger partial charge < -0.3 is 15.2 Å². The maximum atomic E-state index is 11.5. The molecule has 0 aliphatic heterocycles. The highest BCUT2D eigenvalue weighted by molar-refractivity contribution is 7.99. The first-order chi connectivity index (χ1) is 6.87.